The fourth-order valence-electron chi connectivity index (χ4n) is 3.61. The van der Waals surface area contributed by atoms with Crippen molar-refractivity contribution in [2.75, 3.05) is 13.1 Å². The van der Waals surface area contributed by atoms with Gasteiger partial charge >= 0.3 is 0 Å². The number of H-pyrrole nitrogens is 1. The summed E-state index contributed by atoms with van der Waals surface area (Å²) in [5.74, 6) is -0.125. The largest absolute Gasteiger partial charge is 0.329 e. The molecule has 0 aliphatic carbocycles. The van der Waals surface area contributed by atoms with Crippen LogP contribution >= 0.6 is 0 Å². The molecule has 1 fully saturated rings. The van der Waals surface area contributed by atoms with Crippen molar-refractivity contribution in [2.24, 2.45) is 0 Å². The third-order valence-electron chi connectivity index (χ3n) is 5.17. The predicted molar refractivity (Wildman–Crippen MR) is 103 cm³/mol. The molecule has 138 valence electrons. The molecular formula is C21H27N3O2. The van der Waals surface area contributed by atoms with Crippen molar-refractivity contribution in [1.82, 2.24) is 14.8 Å². The number of nitrogens with one attached hydrogen (secondary N) is 1. The average Bonchev–Trinajstić information content (AvgIpc) is 2.58. The average molecular weight is 353 g/mol. The van der Waals surface area contributed by atoms with E-state index in [0.717, 1.165) is 13.1 Å². The van der Waals surface area contributed by atoms with E-state index < -0.39 is 0 Å². The first kappa shape index (κ1) is 18.4. The van der Waals surface area contributed by atoms with Gasteiger partial charge in [0.2, 0.25) is 5.56 Å². The smallest absolute Gasteiger partial charge is 0.270 e. The van der Waals surface area contributed by atoms with Crippen molar-refractivity contribution >= 4 is 5.91 Å². The molecule has 2 aromatic rings. The van der Waals surface area contributed by atoms with E-state index in [2.05, 4.69) is 61.8 Å². The zero-order chi connectivity index (χ0) is 18.9. The number of carbonyl (C=O) groups is 1. The number of aromatic nitrogens is 1. The van der Waals surface area contributed by atoms with Gasteiger partial charge in [-0.3, -0.25) is 14.5 Å². The van der Waals surface area contributed by atoms with Crippen LogP contribution < -0.4 is 5.56 Å². The van der Waals surface area contributed by atoms with Crippen molar-refractivity contribution < 1.29 is 4.79 Å². The molecule has 3 rings (SSSR count). The molecule has 5 nitrogen and oxygen atoms in total. The van der Waals surface area contributed by atoms with Crippen LogP contribution in [0.3, 0.4) is 0 Å². The molecule has 0 spiro atoms. The Morgan fingerprint density at radius 3 is 2.31 bits per heavy atom. The number of hydrogen-bond acceptors (Lipinski definition) is 3. The number of pyridine rings is 1. The molecule has 0 radical (unpaired) electrons. The van der Waals surface area contributed by atoms with Crippen LogP contribution in [0.2, 0.25) is 0 Å². The molecule has 1 amide bonds. The van der Waals surface area contributed by atoms with Crippen LogP contribution in [-0.2, 0) is 6.54 Å². The lowest BCUT2D eigenvalue weighted by Gasteiger charge is -2.55. The lowest BCUT2D eigenvalue weighted by atomic mass is 9.88. The Labute approximate surface area is 154 Å². The summed E-state index contributed by atoms with van der Waals surface area (Å²) in [6.07, 6.45) is 0. The lowest BCUT2D eigenvalue weighted by molar-refractivity contribution is -0.0457. The first-order chi connectivity index (χ1) is 12.2. The van der Waals surface area contributed by atoms with Crippen molar-refractivity contribution in [3.63, 3.8) is 0 Å². The molecular weight excluding hydrogens is 326 g/mol. The standard InChI is InChI=1S/C21H27N3O2/c1-20(2)15-24(19(26)17-11-8-12-18(25)22-17)21(3,4)14-23(20)13-16-9-6-5-7-10-16/h5-12H,13-15H2,1-4H3,(H,22,25). The third-order valence-corrected chi connectivity index (χ3v) is 5.17. The summed E-state index contributed by atoms with van der Waals surface area (Å²) in [5, 5.41) is 0. The number of aromatic amines is 1. The quantitative estimate of drug-likeness (QED) is 0.923. The number of rotatable bonds is 3. The zero-order valence-electron chi connectivity index (χ0n) is 16.0. The second-order valence-corrected chi connectivity index (χ2v) is 8.29. The van der Waals surface area contributed by atoms with E-state index in [1.807, 2.05) is 11.0 Å². The first-order valence-corrected chi connectivity index (χ1v) is 8.99. The highest BCUT2D eigenvalue weighted by atomic mass is 16.2. The van der Waals surface area contributed by atoms with Gasteiger partial charge in [-0.2, -0.15) is 0 Å². The summed E-state index contributed by atoms with van der Waals surface area (Å²) >= 11 is 0. The van der Waals surface area contributed by atoms with E-state index >= 15 is 0 Å². The topological polar surface area (TPSA) is 56.4 Å². The maximum absolute atomic E-state index is 13.1. The van der Waals surface area contributed by atoms with Crippen molar-refractivity contribution in [1.29, 1.82) is 0 Å². The Morgan fingerprint density at radius 1 is 0.962 bits per heavy atom. The number of amides is 1. The Bertz CT molecular complexity index is 840. The highest BCUT2D eigenvalue weighted by Gasteiger charge is 2.45. The fraction of sp³-hybridized carbons (Fsp3) is 0.429. The monoisotopic (exact) mass is 353 g/mol. The van der Waals surface area contributed by atoms with Gasteiger partial charge in [0.05, 0.1) is 5.54 Å². The number of piperazine rings is 1. The molecule has 1 aliphatic rings. The van der Waals surface area contributed by atoms with Gasteiger partial charge in [0, 0.05) is 31.2 Å². The normalized spacial score (nSPS) is 19.3. The first-order valence-electron chi connectivity index (χ1n) is 8.99. The van der Waals surface area contributed by atoms with Gasteiger partial charge in [-0.1, -0.05) is 36.4 Å². The third kappa shape index (κ3) is 3.73. The highest BCUT2D eigenvalue weighted by Crippen LogP contribution is 2.32. The van der Waals surface area contributed by atoms with Crippen LogP contribution in [-0.4, -0.2) is 44.9 Å². The summed E-state index contributed by atoms with van der Waals surface area (Å²) in [6, 6.07) is 15.1. The van der Waals surface area contributed by atoms with Crippen LogP contribution in [0.4, 0.5) is 0 Å². The molecule has 2 heterocycles. The number of benzene rings is 1. The minimum absolute atomic E-state index is 0.125. The Hall–Kier alpha value is -2.40. The fourth-order valence-corrected chi connectivity index (χ4v) is 3.61. The van der Waals surface area contributed by atoms with Crippen LogP contribution in [0, 0.1) is 0 Å². The molecule has 0 bridgehead atoms. The summed E-state index contributed by atoms with van der Waals surface area (Å²) in [6.45, 7) is 10.7. The minimum atomic E-state index is -0.339. The molecule has 1 saturated heterocycles. The van der Waals surface area contributed by atoms with E-state index in [9.17, 15) is 9.59 Å². The number of hydrogen-bond donors (Lipinski definition) is 1. The Kier molecular flexibility index (Phi) is 4.76. The zero-order valence-corrected chi connectivity index (χ0v) is 16.0. The molecule has 1 aliphatic heterocycles. The van der Waals surface area contributed by atoms with Gasteiger partial charge in [-0.25, -0.2) is 0 Å². The van der Waals surface area contributed by atoms with E-state index in [1.54, 1.807) is 12.1 Å². The van der Waals surface area contributed by atoms with E-state index in [4.69, 9.17) is 0 Å². The molecule has 1 aromatic heterocycles. The van der Waals surface area contributed by atoms with Gasteiger partial charge in [0.15, 0.2) is 0 Å². The maximum atomic E-state index is 13.1. The van der Waals surface area contributed by atoms with Gasteiger partial charge in [0.25, 0.3) is 5.91 Å². The summed E-state index contributed by atoms with van der Waals surface area (Å²) in [7, 11) is 0. The van der Waals surface area contributed by atoms with E-state index in [1.165, 1.54) is 11.6 Å². The van der Waals surface area contributed by atoms with Crippen LogP contribution in [0.25, 0.3) is 0 Å². The van der Waals surface area contributed by atoms with Crippen LogP contribution in [0.15, 0.2) is 53.3 Å². The number of carbonyl (C=O) groups excluding carboxylic acids is 1. The predicted octanol–water partition coefficient (Wildman–Crippen LogP) is 2.89. The maximum Gasteiger partial charge on any atom is 0.270 e. The Balaban J connectivity index is 1.85. The Morgan fingerprint density at radius 2 is 1.65 bits per heavy atom. The van der Waals surface area contributed by atoms with Gasteiger partial charge in [-0.15, -0.1) is 0 Å². The molecule has 1 N–H and O–H groups in total. The summed E-state index contributed by atoms with van der Waals surface area (Å²) in [5.41, 5.74) is 0.849. The van der Waals surface area contributed by atoms with E-state index in [0.29, 0.717) is 12.2 Å². The van der Waals surface area contributed by atoms with E-state index in [-0.39, 0.29) is 22.5 Å². The minimum Gasteiger partial charge on any atom is -0.329 e. The molecule has 1 aromatic carbocycles. The molecule has 5 heteroatoms. The van der Waals surface area contributed by atoms with Crippen molar-refractivity contribution in [3.05, 3.63) is 70.1 Å². The van der Waals surface area contributed by atoms with Crippen LogP contribution in [0.5, 0.6) is 0 Å². The summed E-state index contributed by atoms with van der Waals surface area (Å²) in [4.78, 5) is 31.6. The second-order valence-electron chi connectivity index (χ2n) is 8.29. The van der Waals surface area contributed by atoms with Crippen LogP contribution in [0.1, 0.15) is 43.7 Å². The second kappa shape index (κ2) is 6.72. The molecule has 0 saturated carbocycles. The van der Waals surface area contributed by atoms with Crippen molar-refractivity contribution in [3.8, 4) is 0 Å². The highest BCUT2D eigenvalue weighted by molar-refractivity contribution is 5.93. The van der Waals surface area contributed by atoms with Gasteiger partial charge < -0.3 is 9.88 Å². The van der Waals surface area contributed by atoms with Gasteiger partial charge in [-0.05, 0) is 39.3 Å². The molecule has 0 unspecified atom stereocenters. The molecule has 26 heavy (non-hydrogen) atoms. The SMILES string of the molecule is CC1(C)CN(C(=O)c2cccc(=O)[nH]2)C(C)(C)CN1Cc1ccccc1. The van der Waals surface area contributed by atoms with Crippen molar-refractivity contribution in [2.45, 2.75) is 45.3 Å². The summed E-state index contributed by atoms with van der Waals surface area (Å²) < 4.78 is 0. The van der Waals surface area contributed by atoms with Gasteiger partial charge in [0.1, 0.15) is 5.69 Å². The lowest BCUT2D eigenvalue weighted by Crippen LogP contribution is -2.68. The number of nitrogens with zero attached hydrogens (tertiary/aromatic N) is 2. The molecule has 0 atom stereocenters.